The number of halogens is 1. The molecule has 0 nitrogen and oxygen atoms in total. The van der Waals surface area contributed by atoms with Crippen LogP contribution in [0.4, 0.5) is 0 Å². The van der Waals surface area contributed by atoms with Gasteiger partial charge in [0.05, 0.1) is 0 Å². The molecule has 0 saturated heterocycles. The molecule has 0 atom stereocenters. The van der Waals surface area contributed by atoms with Crippen LogP contribution >= 0.6 is 35.2 Å². The second kappa shape index (κ2) is 3.35. The van der Waals surface area contributed by atoms with E-state index in [-0.39, 0.29) is 4.75 Å². The summed E-state index contributed by atoms with van der Waals surface area (Å²) in [5, 5.41) is 0. The van der Waals surface area contributed by atoms with Gasteiger partial charge < -0.3 is 0 Å². The molecule has 0 aromatic heterocycles. The van der Waals surface area contributed by atoms with E-state index in [4.69, 9.17) is 0 Å². The fraction of sp³-hybridized carbons (Fsp3) is 0.333. The van der Waals surface area contributed by atoms with Crippen molar-refractivity contribution in [2.24, 2.45) is 0 Å². The minimum Gasteiger partial charge on any atom is -0.168 e. The molecule has 0 heterocycles. The van der Waals surface area contributed by atoms with Crippen molar-refractivity contribution in [1.82, 2.24) is 0 Å². The molecule has 0 aliphatic carbocycles. The molecule has 0 aliphatic heterocycles. The van der Waals surface area contributed by atoms with Crippen LogP contribution in [0.5, 0.6) is 0 Å². The second-order valence-electron chi connectivity index (χ2n) is 3.07. The molecule has 0 bridgehead atoms. The van der Waals surface area contributed by atoms with E-state index >= 15 is 0 Å². The highest BCUT2D eigenvalue weighted by molar-refractivity contribution is 14.1. The zero-order valence-electron chi connectivity index (χ0n) is 6.63. The molecule has 0 aliphatic rings. The van der Waals surface area contributed by atoms with Gasteiger partial charge in [-0.3, -0.25) is 0 Å². The van der Waals surface area contributed by atoms with E-state index in [1.54, 1.807) is 0 Å². The van der Waals surface area contributed by atoms with E-state index < -0.39 is 0 Å². The third-order valence-corrected chi connectivity index (χ3v) is 2.53. The van der Waals surface area contributed by atoms with Gasteiger partial charge in [-0.05, 0) is 54.1 Å². The molecular weight excluding hydrogens is 267 g/mol. The van der Waals surface area contributed by atoms with E-state index in [0.717, 1.165) is 0 Å². The summed E-state index contributed by atoms with van der Waals surface area (Å²) in [6.07, 6.45) is 0. The van der Waals surface area contributed by atoms with Crippen LogP contribution in [0.1, 0.15) is 19.4 Å². The van der Waals surface area contributed by atoms with Crippen LogP contribution in [-0.4, -0.2) is 0 Å². The van der Waals surface area contributed by atoms with Crippen LogP contribution < -0.4 is 0 Å². The molecule has 0 spiro atoms. The highest BCUT2D eigenvalue weighted by Gasteiger charge is 2.13. The number of benzene rings is 1. The predicted molar refractivity (Wildman–Crippen MR) is 61.2 cm³/mol. The van der Waals surface area contributed by atoms with Crippen LogP contribution in [-0.2, 0) is 4.75 Å². The van der Waals surface area contributed by atoms with Crippen molar-refractivity contribution in [3.8, 4) is 0 Å². The van der Waals surface area contributed by atoms with Crippen LogP contribution in [0.25, 0.3) is 0 Å². The minimum atomic E-state index is -0.0235. The molecular formula is C9H11IS. The van der Waals surface area contributed by atoms with Crippen molar-refractivity contribution in [2.75, 3.05) is 0 Å². The zero-order valence-corrected chi connectivity index (χ0v) is 9.69. The number of hydrogen-bond acceptors (Lipinski definition) is 1. The molecule has 0 N–H and O–H groups in total. The van der Waals surface area contributed by atoms with Gasteiger partial charge in [0.25, 0.3) is 0 Å². The van der Waals surface area contributed by atoms with Crippen LogP contribution in [0, 0.1) is 3.57 Å². The number of rotatable bonds is 1. The summed E-state index contributed by atoms with van der Waals surface area (Å²) in [6.45, 7) is 4.19. The molecule has 2 heteroatoms. The molecule has 1 aromatic carbocycles. The van der Waals surface area contributed by atoms with Crippen molar-refractivity contribution in [1.29, 1.82) is 0 Å². The molecule has 1 aromatic rings. The van der Waals surface area contributed by atoms with Crippen molar-refractivity contribution in [2.45, 2.75) is 18.6 Å². The SMILES string of the molecule is CC(C)(S)c1ccc(I)cc1. The van der Waals surface area contributed by atoms with Gasteiger partial charge in [-0.15, -0.1) is 0 Å². The minimum absolute atomic E-state index is 0.0235. The van der Waals surface area contributed by atoms with Gasteiger partial charge in [-0.25, -0.2) is 0 Å². The van der Waals surface area contributed by atoms with Crippen molar-refractivity contribution < 1.29 is 0 Å². The highest BCUT2D eigenvalue weighted by Crippen LogP contribution is 2.26. The lowest BCUT2D eigenvalue weighted by Gasteiger charge is -2.17. The maximum Gasteiger partial charge on any atom is 0.0322 e. The standard InChI is InChI=1S/C9H11IS/c1-9(2,11)7-3-5-8(10)6-4-7/h3-6,11H,1-2H3. The Balaban J connectivity index is 2.99. The van der Waals surface area contributed by atoms with Gasteiger partial charge in [0.1, 0.15) is 0 Å². The average Bonchev–Trinajstić information content (AvgIpc) is 1.86. The van der Waals surface area contributed by atoms with Crippen molar-refractivity contribution in [3.05, 3.63) is 33.4 Å². The molecule has 0 fully saturated rings. The van der Waals surface area contributed by atoms with Crippen LogP contribution in [0.15, 0.2) is 24.3 Å². The summed E-state index contributed by atoms with van der Waals surface area (Å²) in [5.41, 5.74) is 1.27. The Morgan fingerprint density at radius 2 is 1.64 bits per heavy atom. The lowest BCUT2D eigenvalue weighted by Crippen LogP contribution is -2.06. The molecule has 60 valence electrons. The first kappa shape index (κ1) is 9.39. The topological polar surface area (TPSA) is 0 Å². The Kier molecular flexibility index (Phi) is 2.86. The van der Waals surface area contributed by atoms with Crippen molar-refractivity contribution in [3.63, 3.8) is 0 Å². The van der Waals surface area contributed by atoms with Crippen LogP contribution in [0.3, 0.4) is 0 Å². The third kappa shape index (κ3) is 2.67. The molecule has 0 saturated carbocycles. The Bertz CT molecular complexity index is 233. The fourth-order valence-corrected chi connectivity index (χ4v) is 1.37. The first-order chi connectivity index (χ1) is 5.00. The quantitative estimate of drug-likeness (QED) is 0.590. The number of thiol groups is 1. The normalized spacial score (nSPS) is 11.6. The van der Waals surface area contributed by atoms with Crippen molar-refractivity contribution >= 4 is 35.2 Å². The molecule has 0 unspecified atom stereocenters. The molecule has 0 radical (unpaired) electrons. The summed E-state index contributed by atoms with van der Waals surface area (Å²) in [4.78, 5) is 0. The molecule has 1 rings (SSSR count). The Hall–Kier alpha value is 0.300. The monoisotopic (exact) mass is 278 g/mol. The lowest BCUT2D eigenvalue weighted by molar-refractivity contribution is 0.791. The first-order valence-electron chi connectivity index (χ1n) is 3.48. The highest BCUT2D eigenvalue weighted by atomic mass is 127. The summed E-state index contributed by atoms with van der Waals surface area (Å²) in [7, 11) is 0. The van der Waals surface area contributed by atoms with E-state index in [9.17, 15) is 0 Å². The third-order valence-electron chi connectivity index (χ3n) is 1.55. The lowest BCUT2D eigenvalue weighted by atomic mass is 10.0. The molecule has 0 amide bonds. The second-order valence-corrected chi connectivity index (χ2v) is 5.43. The predicted octanol–water partition coefficient (Wildman–Crippen LogP) is 3.46. The van der Waals surface area contributed by atoms with Gasteiger partial charge in [0.2, 0.25) is 0 Å². The van der Waals surface area contributed by atoms with E-state index in [1.807, 2.05) is 0 Å². The Morgan fingerprint density at radius 1 is 1.18 bits per heavy atom. The molecule has 11 heavy (non-hydrogen) atoms. The summed E-state index contributed by atoms with van der Waals surface area (Å²) < 4.78 is 1.24. The maximum atomic E-state index is 4.48. The van der Waals surface area contributed by atoms with E-state index in [1.165, 1.54) is 9.13 Å². The van der Waals surface area contributed by atoms with Gasteiger partial charge in [-0.1, -0.05) is 12.1 Å². The summed E-state index contributed by atoms with van der Waals surface area (Å²) >= 11 is 6.78. The first-order valence-corrected chi connectivity index (χ1v) is 5.01. The zero-order chi connectivity index (χ0) is 8.48. The van der Waals surface area contributed by atoms with Gasteiger partial charge >= 0.3 is 0 Å². The van der Waals surface area contributed by atoms with Gasteiger partial charge in [-0.2, -0.15) is 12.6 Å². The Morgan fingerprint density at radius 3 is 2.00 bits per heavy atom. The van der Waals surface area contributed by atoms with E-state index in [2.05, 4.69) is 73.3 Å². The maximum absolute atomic E-state index is 4.48. The fourth-order valence-electron chi connectivity index (χ4n) is 0.858. The van der Waals surface area contributed by atoms with Gasteiger partial charge in [0, 0.05) is 8.32 Å². The van der Waals surface area contributed by atoms with E-state index in [0.29, 0.717) is 0 Å². The smallest absolute Gasteiger partial charge is 0.0322 e. The van der Waals surface area contributed by atoms with Gasteiger partial charge in [0.15, 0.2) is 0 Å². The summed E-state index contributed by atoms with van der Waals surface area (Å²) in [6, 6.07) is 8.45. The van der Waals surface area contributed by atoms with Crippen LogP contribution in [0.2, 0.25) is 0 Å². The Labute approximate surface area is 86.9 Å². The average molecular weight is 278 g/mol. The number of hydrogen-bond donors (Lipinski definition) is 1. The largest absolute Gasteiger partial charge is 0.168 e. The summed E-state index contributed by atoms with van der Waals surface area (Å²) in [5.74, 6) is 0.